The van der Waals surface area contributed by atoms with Crippen LogP contribution < -0.4 is 31.0 Å². The quantitative estimate of drug-likeness (QED) is 0.175. The first kappa shape index (κ1) is 38.0. The molecule has 3 aliphatic heterocycles. The zero-order valence-corrected chi connectivity index (χ0v) is 31.4. The van der Waals surface area contributed by atoms with Crippen LogP contribution in [-0.4, -0.2) is 103 Å². The molecule has 0 saturated carbocycles. The molecule has 1 fully saturated rings. The first-order valence-electron chi connectivity index (χ1n) is 18.2. The molecule has 1 unspecified atom stereocenters. The fraction of sp³-hybridized carbons (Fsp3) is 0.436. The van der Waals surface area contributed by atoms with Crippen molar-refractivity contribution in [2.45, 2.75) is 57.7 Å². The van der Waals surface area contributed by atoms with Gasteiger partial charge in [0.25, 0.3) is 17.4 Å². The van der Waals surface area contributed by atoms with Gasteiger partial charge in [0.2, 0.25) is 11.8 Å². The van der Waals surface area contributed by atoms with E-state index in [-0.39, 0.29) is 42.1 Å². The number of carbonyl (C=O) groups is 5. The Hall–Kier alpha value is -5.70. The van der Waals surface area contributed by atoms with Gasteiger partial charge in [-0.1, -0.05) is 6.07 Å². The lowest BCUT2D eigenvalue weighted by Gasteiger charge is -2.30. The van der Waals surface area contributed by atoms with Crippen LogP contribution in [0, 0.1) is 0 Å². The van der Waals surface area contributed by atoms with Crippen molar-refractivity contribution in [3.63, 3.8) is 0 Å². The number of pyridine rings is 1. The molecule has 3 aromatic rings. The normalized spacial score (nSPS) is 16.7. The predicted octanol–water partition coefficient (Wildman–Crippen LogP) is 2.88. The SMILES string of the molecule is COc1cc(-c2cn(C)c(=O)c3c2CCN(C(=O)NCCCCCNc2cccc4c2C(=O)N(C2CCC(=O)NC2=O)C4=O)C3)cc(OC)c1CN(C)C. The first-order chi connectivity index (χ1) is 25.9. The van der Waals surface area contributed by atoms with E-state index in [1.165, 1.54) is 0 Å². The third-order valence-electron chi connectivity index (χ3n) is 10.2. The molecule has 54 heavy (non-hydrogen) atoms. The number of nitrogens with one attached hydrogen (secondary N) is 3. The Kier molecular flexibility index (Phi) is 11.4. The maximum Gasteiger partial charge on any atom is 0.317 e. The Morgan fingerprint density at radius 3 is 2.33 bits per heavy atom. The molecule has 0 bridgehead atoms. The van der Waals surface area contributed by atoms with Crippen molar-refractivity contribution in [2.75, 3.05) is 53.3 Å². The highest BCUT2D eigenvalue weighted by Gasteiger charge is 2.45. The van der Waals surface area contributed by atoms with Gasteiger partial charge in [0.15, 0.2) is 0 Å². The second-order valence-corrected chi connectivity index (χ2v) is 14.1. The number of fused-ring (bicyclic) bond motifs is 2. The van der Waals surface area contributed by atoms with Gasteiger partial charge >= 0.3 is 6.03 Å². The zero-order chi connectivity index (χ0) is 38.7. The monoisotopic (exact) mass is 741 g/mol. The highest BCUT2D eigenvalue weighted by atomic mass is 16.5. The first-order valence-corrected chi connectivity index (χ1v) is 18.2. The van der Waals surface area contributed by atoms with Crippen molar-refractivity contribution < 1.29 is 33.4 Å². The lowest BCUT2D eigenvalue weighted by molar-refractivity contribution is -0.136. The summed E-state index contributed by atoms with van der Waals surface area (Å²) in [7, 11) is 8.93. The fourth-order valence-corrected chi connectivity index (χ4v) is 7.45. The summed E-state index contributed by atoms with van der Waals surface area (Å²) in [6.45, 7) is 2.26. The number of hydrogen-bond acceptors (Lipinski definition) is 10. The van der Waals surface area contributed by atoms with E-state index in [1.54, 1.807) is 48.9 Å². The largest absolute Gasteiger partial charge is 0.496 e. The van der Waals surface area contributed by atoms with E-state index in [9.17, 15) is 28.8 Å². The van der Waals surface area contributed by atoms with E-state index in [1.807, 2.05) is 37.3 Å². The number of unbranched alkanes of at least 4 members (excludes halogenated alkanes) is 2. The molecule has 6 amide bonds. The Bertz CT molecular complexity index is 2030. The van der Waals surface area contributed by atoms with E-state index in [0.717, 1.165) is 40.0 Å². The van der Waals surface area contributed by atoms with Crippen molar-refractivity contribution >= 4 is 35.3 Å². The molecule has 286 valence electrons. The van der Waals surface area contributed by atoms with Gasteiger partial charge in [0, 0.05) is 62.7 Å². The number of hydrogen-bond donors (Lipinski definition) is 3. The van der Waals surface area contributed by atoms with E-state index < -0.39 is 29.7 Å². The number of aryl methyl sites for hydroxylation is 1. The number of ether oxygens (including phenoxy) is 2. The van der Waals surface area contributed by atoms with Crippen LogP contribution in [0.4, 0.5) is 10.5 Å². The summed E-state index contributed by atoms with van der Waals surface area (Å²) in [6, 6.07) is 7.66. The van der Waals surface area contributed by atoms with Gasteiger partial charge in [0.05, 0.1) is 37.5 Å². The minimum atomic E-state index is -1.02. The highest BCUT2D eigenvalue weighted by molar-refractivity contribution is 6.25. The van der Waals surface area contributed by atoms with Gasteiger partial charge in [-0.15, -0.1) is 0 Å². The third kappa shape index (κ3) is 7.53. The lowest BCUT2D eigenvalue weighted by Crippen LogP contribution is -2.54. The van der Waals surface area contributed by atoms with Gasteiger partial charge in [0.1, 0.15) is 17.5 Å². The Morgan fingerprint density at radius 2 is 1.65 bits per heavy atom. The Morgan fingerprint density at radius 1 is 0.926 bits per heavy atom. The zero-order valence-electron chi connectivity index (χ0n) is 31.4. The maximum atomic E-state index is 13.3. The van der Waals surface area contributed by atoms with Crippen molar-refractivity contribution in [3.8, 4) is 22.6 Å². The number of amides is 6. The number of imide groups is 2. The van der Waals surface area contributed by atoms with Crippen LogP contribution in [0.15, 0.2) is 41.3 Å². The average Bonchev–Trinajstić information content (AvgIpc) is 3.41. The van der Waals surface area contributed by atoms with Crippen LogP contribution in [0.25, 0.3) is 11.1 Å². The molecule has 2 aromatic carbocycles. The molecule has 0 spiro atoms. The number of urea groups is 1. The standard InChI is InChI=1S/C39H47N7O8/c1-43(2)20-28-31(53-4)18-23(19-32(28)54-5)26-21-44(3)36(49)27-22-45(17-14-24(26)27)39(52)41-16-8-6-7-15-40-29-11-9-10-25-34(29)38(51)46(37(25)50)30-12-13-33(47)42-35(30)48/h9-11,18-19,21,30,40H,6-8,12-17,20,22H2,1-5H3,(H,41,52)(H,42,47,48). The van der Waals surface area contributed by atoms with Crippen LogP contribution >= 0.6 is 0 Å². The fourth-order valence-electron chi connectivity index (χ4n) is 7.45. The second-order valence-electron chi connectivity index (χ2n) is 14.1. The number of nitrogens with zero attached hydrogens (tertiary/aromatic N) is 4. The second kappa shape index (κ2) is 16.1. The molecular formula is C39H47N7O8. The Balaban J connectivity index is 1.02. The minimum absolute atomic E-state index is 0.0575. The van der Waals surface area contributed by atoms with E-state index in [2.05, 4.69) is 16.0 Å². The summed E-state index contributed by atoms with van der Waals surface area (Å²) in [5, 5.41) is 8.45. The lowest BCUT2D eigenvalue weighted by atomic mass is 9.91. The summed E-state index contributed by atoms with van der Waals surface area (Å²) in [4.78, 5) is 81.6. The minimum Gasteiger partial charge on any atom is -0.496 e. The van der Waals surface area contributed by atoms with Crippen molar-refractivity contribution in [1.29, 1.82) is 0 Å². The van der Waals surface area contributed by atoms with E-state index >= 15 is 0 Å². The molecule has 1 saturated heterocycles. The number of aromatic nitrogens is 1. The van der Waals surface area contributed by atoms with Gasteiger partial charge < -0.3 is 34.5 Å². The van der Waals surface area contributed by atoms with Gasteiger partial charge in [-0.2, -0.15) is 0 Å². The number of piperidine rings is 1. The van der Waals surface area contributed by atoms with Gasteiger partial charge in [-0.05, 0) is 81.6 Å². The summed E-state index contributed by atoms with van der Waals surface area (Å²) in [5.74, 6) is -0.780. The van der Waals surface area contributed by atoms with Crippen LogP contribution in [0.5, 0.6) is 11.5 Å². The van der Waals surface area contributed by atoms with Crippen LogP contribution in [-0.2, 0) is 36.1 Å². The summed E-state index contributed by atoms with van der Waals surface area (Å²) in [5.41, 5.74) is 5.02. The molecule has 1 atom stereocenters. The van der Waals surface area contributed by atoms with Crippen molar-refractivity contribution in [1.82, 2.24) is 29.9 Å². The highest BCUT2D eigenvalue weighted by Crippen LogP contribution is 2.38. The molecule has 6 rings (SSSR count). The van der Waals surface area contributed by atoms with Gasteiger partial charge in [-0.25, -0.2) is 4.79 Å². The van der Waals surface area contributed by atoms with Crippen LogP contribution in [0.3, 0.4) is 0 Å². The maximum absolute atomic E-state index is 13.3. The molecule has 3 aliphatic rings. The number of benzene rings is 2. The summed E-state index contributed by atoms with van der Waals surface area (Å²) in [6.07, 6.45) is 4.74. The van der Waals surface area contributed by atoms with Crippen LogP contribution in [0.1, 0.15) is 69.5 Å². The molecular weight excluding hydrogens is 694 g/mol. The average molecular weight is 742 g/mol. The Labute approximate surface area is 313 Å². The smallest absolute Gasteiger partial charge is 0.317 e. The summed E-state index contributed by atoms with van der Waals surface area (Å²) >= 11 is 0. The number of rotatable bonds is 13. The molecule has 0 aliphatic carbocycles. The molecule has 3 N–H and O–H groups in total. The predicted molar refractivity (Wildman–Crippen MR) is 201 cm³/mol. The molecule has 15 nitrogen and oxygen atoms in total. The molecule has 4 heterocycles. The van der Waals surface area contributed by atoms with Crippen molar-refractivity contribution in [2.24, 2.45) is 7.05 Å². The van der Waals surface area contributed by atoms with Gasteiger partial charge in [-0.3, -0.25) is 34.2 Å². The van der Waals surface area contributed by atoms with Crippen molar-refractivity contribution in [3.05, 3.63) is 74.7 Å². The number of carbonyl (C=O) groups excluding carboxylic acids is 5. The topological polar surface area (TPSA) is 172 Å². The van der Waals surface area contributed by atoms with E-state index in [4.69, 9.17) is 9.47 Å². The number of anilines is 1. The molecule has 0 radical (unpaired) electrons. The number of methoxy groups -OCH3 is 2. The molecule has 1 aromatic heterocycles. The molecule has 15 heteroatoms. The summed E-state index contributed by atoms with van der Waals surface area (Å²) < 4.78 is 13.1. The third-order valence-corrected chi connectivity index (χ3v) is 10.2. The van der Waals surface area contributed by atoms with E-state index in [0.29, 0.717) is 61.8 Å². The van der Waals surface area contributed by atoms with Crippen LogP contribution in [0.2, 0.25) is 0 Å².